The SMILES string of the molecule is CC(=O)Nc1ccc(/C=N/NC(=O)COc2ccc(C(C)(C)CC(C)(C)C)cc2)cc1. The van der Waals surface area contributed by atoms with E-state index in [4.69, 9.17) is 4.74 Å². The average molecular weight is 424 g/mol. The van der Waals surface area contributed by atoms with E-state index in [1.165, 1.54) is 18.7 Å². The number of benzene rings is 2. The lowest BCUT2D eigenvalue weighted by Crippen LogP contribution is -2.25. The number of ether oxygens (including phenoxy) is 1. The molecule has 6 heteroatoms. The van der Waals surface area contributed by atoms with E-state index < -0.39 is 0 Å². The second-order valence-corrected chi connectivity index (χ2v) is 9.53. The highest BCUT2D eigenvalue weighted by Gasteiger charge is 2.27. The molecule has 0 saturated carbocycles. The fraction of sp³-hybridized carbons (Fsp3) is 0.400. The molecule has 0 aromatic heterocycles. The zero-order chi connectivity index (χ0) is 23.1. The van der Waals surface area contributed by atoms with Crippen LogP contribution in [0.3, 0.4) is 0 Å². The number of hydrazone groups is 1. The van der Waals surface area contributed by atoms with Crippen LogP contribution < -0.4 is 15.5 Å². The molecule has 0 atom stereocenters. The lowest BCUT2D eigenvalue weighted by atomic mass is 9.72. The highest BCUT2D eigenvalue weighted by Crippen LogP contribution is 2.36. The predicted octanol–water partition coefficient (Wildman–Crippen LogP) is 4.89. The Morgan fingerprint density at radius 3 is 2.13 bits per heavy atom. The van der Waals surface area contributed by atoms with Crippen molar-refractivity contribution in [2.24, 2.45) is 10.5 Å². The molecule has 2 aromatic rings. The molecule has 0 aliphatic heterocycles. The first-order chi connectivity index (χ1) is 14.4. The molecule has 0 aliphatic rings. The number of carbonyl (C=O) groups is 2. The molecule has 0 aliphatic carbocycles. The van der Waals surface area contributed by atoms with Crippen LogP contribution >= 0.6 is 0 Å². The van der Waals surface area contributed by atoms with Crippen LogP contribution in [0.4, 0.5) is 5.69 Å². The lowest BCUT2D eigenvalue weighted by Gasteiger charge is -2.33. The van der Waals surface area contributed by atoms with Gasteiger partial charge in [-0.2, -0.15) is 5.10 Å². The van der Waals surface area contributed by atoms with Crippen molar-refractivity contribution in [3.63, 3.8) is 0 Å². The molecule has 31 heavy (non-hydrogen) atoms. The summed E-state index contributed by atoms with van der Waals surface area (Å²) >= 11 is 0. The second kappa shape index (κ2) is 10.2. The summed E-state index contributed by atoms with van der Waals surface area (Å²) in [5.41, 5.74) is 5.49. The molecule has 2 aromatic carbocycles. The summed E-state index contributed by atoms with van der Waals surface area (Å²) in [6.45, 7) is 12.6. The third kappa shape index (κ3) is 8.62. The Kier molecular flexibility index (Phi) is 7.97. The van der Waals surface area contributed by atoms with Crippen molar-refractivity contribution in [3.8, 4) is 5.75 Å². The van der Waals surface area contributed by atoms with E-state index in [-0.39, 0.29) is 29.3 Å². The summed E-state index contributed by atoms with van der Waals surface area (Å²) in [6, 6.07) is 15.0. The van der Waals surface area contributed by atoms with Gasteiger partial charge in [0.2, 0.25) is 5.91 Å². The van der Waals surface area contributed by atoms with Gasteiger partial charge in [0.1, 0.15) is 5.75 Å². The van der Waals surface area contributed by atoms with Gasteiger partial charge in [-0.3, -0.25) is 9.59 Å². The minimum absolute atomic E-state index is 0.0587. The second-order valence-electron chi connectivity index (χ2n) is 9.53. The molecular formula is C25H33N3O3. The lowest BCUT2D eigenvalue weighted by molar-refractivity contribution is -0.123. The van der Waals surface area contributed by atoms with Crippen molar-refractivity contribution >= 4 is 23.7 Å². The van der Waals surface area contributed by atoms with Crippen molar-refractivity contribution < 1.29 is 14.3 Å². The fourth-order valence-corrected chi connectivity index (χ4v) is 3.65. The van der Waals surface area contributed by atoms with E-state index in [0.717, 1.165) is 12.0 Å². The predicted molar refractivity (Wildman–Crippen MR) is 126 cm³/mol. The minimum atomic E-state index is -0.344. The van der Waals surface area contributed by atoms with Crippen molar-refractivity contribution in [3.05, 3.63) is 59.7 Å². The zero-order valence-electron chi connectivity index (χ0n) is 19.3. The third-order valence-electron chi connectivity index (χ3n) is 4.61. The highest BCUT2D eigenvalue weighted by molar-refractivity contribution is 5.89. The van der Waals surface area contributed by atoms with Crippen LogP contribution in [-0.2, 0) is 15.0 Å². The zero-order valence-corrected chi connectivity index (χ0v) is 19.3. The highest BCUT2D eigenvalue weighted by atomic mass is 16.5. The summed E-state index contributed by atoms with van der Waals surface area (Å²) < 4.78 is 5.57. The maximum absolute atomic E-state index is 12.0. The van der Waals surface area contributed by atoms with Gasteiger partial charge in [0, 0.05) is 12.6 Å². The Bertz CT molecular complexity index is 909. The van der Waals surface area contributed by atoms with Crippen LogP contribution in [0.1, 0.15) is 59.1 Å². The number of nitrogens with zero attached hydrogens (tertiary/aromatic N) is 1. The van der Waals surface area contributed by atoms with Gasteiger partial charge in [-0.15, -0.1) is 0 Å². The number of rotatable bonds is 8. The maximum Gasteiger partial charge on any atom is 0.277 e. The van der Waals surface area contributed by atoms with Crippen molar-refractivity contribution in [1.29, 1.82) is 0 Å². The van der Waals surface area contributed by atoms with Crippen molar-refractivity contribution in [2.45, 2.75) is 53.4 Å². The first-order valence-electron chi connectivity index (χ1n) is 10.4. The van der Waals surface area contributed by atoms with Gasteiger partial charge in [-0.25, -0.2) is 5.43 Å². The Morgan fingerprint density at radius 2 is 1.58 bits per heavy atom. The monoisotopic (exact) mass is 423 g/mol. The molecule has 2 amide bonds. The van der Waals surface area contributed by atoms with Gasteiger partial charge in [0.15, 0.2) is 6.61 Å². The smallest absolute Gasteiger partial charge is 0.277 e. The van der Waals surface area contributed by atoms with Crippen LogP contribution in [0, 0.1) is 5.41 Å². The molecular weight excluding hydrogens is 390 g/mol. The normalized spacial score (nSPS) is 11.9. The quantitative estimate of drug-likeness (QED) is 0.469. The first kappa shape index (κ1) is 24.1. The molecule has 6 nitrogen and oxygen atoms in total. The van der Waals surface area contributed by atoms with E-state index in [0.29, 0.717) is 11.4 Å². The van der Waals surface area contributed by atoms with Crippen LogP contribution in [-0.4, -0.2) is 24.6 Å². The number of hydrogen-bond donors (Lipinski definition) is 2. The number of hydrogen-bond acceptors (Lipinski definition) is 4. The topological polar surface area (TPSA) is 79.8 Å². The number of anilines is 1. The van der Waals surface area contributed by atoms with Crippen LogP contribution in [0.25, 0.3) is 0 Å². The molecule has 0 fully saturated rings. The van der Waals surface area contributed by atoms with E-state index in [1.807, 2.05) is 12.1 Å². The Balaban J connectivity index is 1.82. The standard InChI is InChI=1S/C25H33N3O3/c1-18(29)27-21-11-7-19(8-12-21)15-26-28-23(30)16-31-22-13-9-20(10-14-22)25(5,6)17-24(2,3)4/h7-15H,16-17H2,1-6H3,(H,27,29)(H,28,30)/b26-15+. The van der Waals surface area contributed by atoms with E-state index >= 15 is 0 Å². The molecule has 0 spiro atoms. The van der Waals surface area contributed by atoms with Crippen molar-refractivity contribution in [1.82, 2.24) is 5.43 Å². The van der Waals surface area contributed by atoms with Gasteiger partial charge in [-0.1, -0.05) is 58.9 Å². The third-order valence-corrected chi connectivity index (χ3v) is 4.61. The molecule has 0 bridgehead atoms. The van der Waals surface area contributed by atoms with Crippen LogP contribution in [0.5, 0.6) is 5.75 Å². The Morgan fingerprint density at radius 1 is 0.968 bits per heavy atom. The van der Waals surface area contributed by atoms with Gasteiger partial charge in [0.05, 0.1) is 6.21 Å². The summed E-state index contributed by atoms with van der Waals surface area (Å²) in [7, 11) is 0. The number of nitrogens with one attached hydrogen (secondary N) is 2. The molecule has 0 radical (unpaired) electrons. The van der Waals surface area contributed by atoms with Crippen molar-refractivity contribution in [2.75, 3.05) is 11.9 Å². The fourth-order valence-electron chi connectivity index (χ4n) is 3.65. The molecule has 0 unspecified atom stereocenters. The van der Waals surface area contributed by atoms with Gasteiger partial charge in [0.25, 0.3) is 5.91 Å². The minimum Gasteiger partial charge on any atom is -0.484 e. The Labute approximate surface area is 185 Å². The number of carbonyl (C=O) groups excluding carboxylic acids is 2. The van der Waals surface area contributed by atoms with E-state index in [2.05, 4.69) is 62.6 Å². The maximum atomic E-state index is 12.0. The van der Waals surface area contributed by atoms with Gasteiger partial charge in [-0.05, 0) is 52.6 Å². The molecule has 2 N–H and O–H groups in total. The summed E-state index contributed by atoms with van der Waals surface area (Å²) in [6.07, 6.45) is 2.60. The first-order valence-corrected chi connectivity index (χ1v) is 10.4. The van der Waals surface area contributed by atoms with Crippen LogP contribution in [0.15, 0.2) is 53.6 Å². The largest absolute Gasteiger partial charge is 0.484 e. The summed E-state index contributed by atoms with van der Waals surface area (Å²) in [4.78, 5) is 23.0. The summed E-state index contributed by atoms with van der Waals surface area (Å²) in [5.74, 6) is 0.170. The Hall–Kier alpha value is -3.15. The average Bonchev–Trinajstić information content (AvgIpc) is 2.66. The van der Waals surface area contributed by atoms with Gasteiger partial charge < -0.3 is 10.1 Å². The van der Waals surface area contributed by atoms with E-state index in [1.54, 1.807) is 24.3 Å². The van der Waals surface area contributed by atoms with E-state index in [9.17, 15) is 9.59 Å². The summed E-state index contributed by atoms with van der Waals surface area (Å²) in [5, 5.41) is 6.62. The number of amides is 2. The molecule has 0 saturated heterocycles. The molecule has 166 valence electrons. The molecule has 2 rings (SSSR count). The molecule has 0 heterocycles. The van der Waals surface area contributed by atoms with Crippen LogP contribution in [0.2, 0.25) is 0 Å². The van der Waals surface area contributed by atoms with Gasteiger partial charge >= 0.3 is 0 Å².